The smallest absolute Gasteiger partial charge is 0.254 e. The molecule has 2 aromatic carbocycles. The van der Waals surface area contributed by atoms with E-state index in [9.17, 15) is 14.4 Å². The fourth-order valence-electron chi connectivity index (χ4n) is 4.98. The van der Waals surface area contributed by atoms with Crippen molar-refractivity contribution in [3.8, 4) is 0 Å². The summed E-state index contributed by atoms with van der Waals surface area (Å²) in [4.78, 5) is 40.2. The molecule has 2 heterocycles. The van der Waals surface area contributed by atoms with Gasteiger partial charge in [0, 0.05) is 23.5 Å². The quantitative estimate of drug-likeness (QED) is 0.205. The zero-order chi connectivity index (χ0) is 29.5. The van der Waals surface area contributed by atoms with Crippen LogP contribution in [0.1, 0.15) is 67.9 Å². The minimum atomic E-state index is -0.212. The first-order valence-corrected chi connectivity index (χ1v) is 15.9. The van der Waals surface area contributed by atoms with Crippen LogP contribution in [0.15, 0.2) is 59.8 Å². The van der Waals surface area contributed by atoms with Gasteiger partial charge in [-0.15, -0.1) is 21.5 Å². The number of amides is 3. The Morgan fingerprint density at radius 2 is 1.74 bits per heavy atom. The zero-order valence-electron chi connectivity index (χ0n) is 23.7. The maximum Gasteiger partial charge on any atom is 0.254 e. The molecule has 0 spiro atoms. The van der Waals surface area contributed by atoms with Gasteiger partial charge in [0.25, 0.3) is 11.8 Å². The van der Waals surface area contributed by atoms with Gasteiger partial charge in [-0.05, 0) is 62.8 Å². The molecule has 0 fully saturated rings. The number of aromatic nitrogens is 3. The maximum atomic E-state index is 13.3. The summed E-state index contributed by atoms with van der Waals surface area (Å²) in [6, 6.07) is 17.2. The van der Waals surface area contributed by atoms with Gasteiger partial charge in [0.05, 0.1) is 17.9 Å². The van der Waals surface area contributed by atoms with E-state index in [0.29, 0.717) is 40.2 Å². The van der Waals surface area contributed by atoms with Crippen molar-refractivity contribution in [2.45, 2.75) is 64.3 Å². The molecule has 0 aliphatic heterocycles. The summed E-state index contributed by atoms with van der Waals surface area (Å²) >= 11 is 2.78. The molecule has 3 N–H and O–H groups in total. The Balaban J connectivity index is 1.21. The Morgan fingerprint density at radius 3 is 2.52 bits per heavy atom. The molecule has 0 bridgehead atoms. The Kier molecular flexibility index (Phi) is 9.70. The molecule has 3 amide bonds. The van der Waals surface area contributed by atoms with Crippen molar-refractivity contribution in [3.63, 3.8) is 0 Å². The molecule has 0 unspecified atom stereocenters. The minimum Gasteiger partial charge on any atom is -0.348 e. The van der Waals surface area contributed by atoms with E-state index < -0.39 is 0 Å². The second-order valence-corrected chi connectivity index (χ2v) is 12.2. The van der Waals surface area contributed by atoms with Gasteiger partial charge in [0.2, 0.25) is 5.91 Å². The molecule has 42 heavy (non-hydrogen) atoms. The highest BCUT2D eigenvalue weighted by atomic mass is 32.2. The van der Waals surface area contributed by atoms with Gasteiger partial charge in [-0.25, -0.2) is 0 Å². The van der Waals surface area contributed by atoms with Crippen LogP contribution in [0, 0.1) is 6.92 Å². The van der Waals surface area contributed by atoms with E-state index in [1.807, 2.05) is 66.9 Å². The highest BCUT2D eigenvalue weighted by Gasteiger charge is 2.26. The second kappa shape index (κ2) is 13.8. The highest BCUT2D eigenvalue weighted by Crippen LogP contribution is 2.38. The zero-order valence-corrected chi connectivity index (χ0v) is 25.4. The standard InChI is InChI=1S/C31H34N6O3S2/c1-3-37-25(18-33-28(39)22-13-9-10-20(2)16-22)35-36-31(37)41-19-26(38)34-30-27(23-14-7-8-15-24(23)42-30)29(40)32-17-21-11-5-4-6-12-21/h4-6,9-13,16H,3,7-8,14-15,17-19H2,1-2H3,(H,32,40)(H,33,39)(H,34,38). The SMILES string of the molecule is CCn1c(CNC(=O)c2cccc(C)c2)nnc1SCC(=O)Nc1sc2c(c1C(=O)NCc1ccccc1)CCCC2. The molecule has 1 aliphatic carbocycles. The number of hydrogen-bond donors (Lipinski definition) is 3. The number of nitrogens with zero attached hydrogens (tertiary/aromatic N) is 3. The van der Waals surface area contributed by atoms with Gasteiger partial charge in [0.15, 0.2) is 11.0 Å². The third-order valence-corrected chi connectivity index (χ3v) is 9.25. The number of nitrogens with one attached hydrogen (secondary N) is 3. The largest absolute Gasteiger partial charge is 0.348 e. The van der Waals surface area contributed by atoms with Crippen LogP contribution < -0.4 is 16.0 Å². The molecule has 0 saturated heterocycles. The molecule has 218 valence electrons. The van der Waals surface area contributed by atoms with Gasteiger partial charge < -0.3 is 20.5 Å². The van der Waals surface area contributed by atoms with Crippen molar-refractivity contribution in [1.29, 1.82) is 0 Å². The van der Waals surface area contributed by atoms with E-state index in [4.69, 9.17) is 0 Å². The summed E-state index contributed by atoms with van der Waals surface area (Å²) in [5.74, 6) is 0.173. The van der Waals surface area contributed by atoms with E-state index in [1.54, 1.807) is 6.07 Å². The summed E-state index contributed by atoms with van der Waals surface area (Å²) < 4.78 is 1.89. The summed E-state index contributed by atoms with van der Waals surface area (Å²) in [6.07, 6.45) is 3.88. The lowest BCUT2D eigenvalue weighted by Crippen LogP contribution is -2.26. The van der Waals surface area contributed by atoms with Gasteiger partial charge >= 0.3 is 0 Å². The number of thioether (sulfide) groups is 1. The second-order valence-electron chi connectivity index (χ2n) is 10.1. The number of fused-ring (bicyclic) bond motifs is 1. The molecule has 0 saturated carbocycles. The molecular weight excluding hydrogens is 569 g/mol. The van der Waals surface area contributed by atoms with Crippen molar-refractivity contribution in [1.82, 2.24) is 25.4 Å². The predicted octanol–water partition coefficient (Wildman–Crippen LogP) is 5.14. The lowest BCUT2D eigenvalue weighted by Gasteiger charge is -2.13. The molecule has 0 atom stereocenters. The fourth-order valence-corrected chi connectivity index (χ4v) is 7.10. The molecule has 9 nitrogen and oxygen atoms in total. The number of benzene rings is 2. The lowest BCUT2D eigenvalue weighted by atomic mass is 9.95. The van der Waals surface area contributed by atoms with Crippen molar-refractivity contribution >= 4 is 45.8 Å². The van der Waals surface area contributed by atoms with E-state index in [0.717, 1.165) is 42.4 Å². The first kappa shape index (κ1) is 29.5. The van der Waals surface area contributed by atoms with Crippen molar-refractivity contribution in [2.24, 2.45) is 0 Å². The number of carbonyl (C=O) groups is 3. The number of anilines is 1. The van der Waals surface area contributed by atoms with Gasteiger partial charge in [0.1, 0.15) is 5.00 Å². The van der Waals surface area contributed by atoms with Crippen LogP contribution in [0.25, 0.3) is 0 Å². The molecule has 11 heteroatoms. The van der Waals surface area contributed by atoms with Crippen molar-refractivity contribution < 1.29 is 14.4 Å². The van der Waals surface area contributed by atoms with E-state index in [2.05, 4.69) is 26.1 Å². The Labute approximate surface area is 253 Å². The summed E-state index contributed by atoms with van der Waals surface area (Å²) in [5, 5.41) is 18.7. The van der Waals surface area contributed by atoms with Crippen LogP contribution in [-0.4, -0.2) is 38.2 Å². The monoisotopic (exact) mass is 602 g/mol. The van der Waals surface area contributed by atoms with Crippen LogP contribution in [0.4, 0.5) is 5.00 Å². The number of carbonyl (C=O) groups excluding carboxylic acids is 3. The summed E-state index contributed by atoms with van der Waals surface area (Å²) in [5.41, 5.74) is 4.27. The third kappa shape index (κ3) is 7.08. The normalized spacial score (nSPS) is 12.4. The van der Waals surface area contributed by atoms with E-state index >= 15 is 0 Å². The molecule has 1 aliphatic rings. The number of rotatable bonds is 11. The average molecular weight is 603 g/mol. The first-order chi connectivity index (χ1) is 20.4. The summed E-state index contributed by atoms with van der Waals surface area (Å²) in [6.45, 7) is 5.15. The predicted molar refractivity (Wildman–Crippen MR) is 166 cm³/mol. The topological polar surface area (TPSA) is 118 Å². The molecule has 0 radical (unpaired) electrons. The fraction of sp³-hybridized carbons (Fsp3) is 0.323. The summed E-state index contributed by atoms with van der Waals surface area (Å²) in [7, 11) is 0. The van der Waals surface area contributed by atoms with Gasteiger partial charge in [-0.1, -0.05) is 59.8 Å². The Bertz CT molecular complexity index is 1580. The molecular formula is C31H34N6O3S2. The first-order valence-electron chi connectivity index (χ1n) is 14.1. The Morgan fingerprint density at radius 1 is 0.952 bits per heavy atom. The number of thiophene rings is 1. The third-order valence-electron chi connectivity index (χ3n) is 7.08. The minimum absolute atomic E-state index is 0.113. The lowest BCUT2D eigenvalue weighted by molar-refractivity contribution is -0.113. The average Bonchev–Trinajstić information content (AvgIpc) is 3.58. The maximum absolute atomic E-state index is 13.3. The van der Waals surface area contributed by atoms with E-state index in [1.165, 1.54) is 28.0 Å². The van der Waals surface area contributed by atoms with Crippen LogP contribution in [-0.2, 0) is 37.3 Å². The van der Waals surface area contributed by atoms with Crippen LogP contribution in [0.5, 0.6) is 0 Å². The van der Waals surface area contributed by atoms with E-state index in [-0.39, 0.29) is 30.0 Å². The van der Waals surface area contributed by atoms with Crippen LogP contribution >= 0.6 is 23.1 Å². The van der Waals surface area contributed by atoms with Crippen molar-refractivity contribution in [3.05, 3.63) is 93.1 Å². The molecule has 5 rings (SSSR count). The van der Waals surface area contributed by atoms with Gasteiger partial charge in [-0.3, -0.25) is 14.4 Å². The number of aryl methyl sites for hydroxylation is 2. The number of hydrogen-bond acceptors (Lipinski definition) is 7. The molecule has 2 aromatic heterocycles. The van der Waals surface area contributed by atoms with Crippen LogP contribution in [0.3, 0.4) is 0 Å². The van der Waals surface area contributed by atoms with Crippen molar-refractivity contribution in [2.75, 3.05) is 11.1 Å². The van der Waals surface area contributed by atoms with Gasteiger partial charge in [-0.2, -0.15) is 0 Å². The Hall–Kier alpha value is -3.96. The molecule has 4 aromatic rings. The van der Waals surface area contributed by atoms with Crippen LogP contribution in [0.2, 0.25) is 0 Å². The highest BCUT2D eigenvalue weighted by molar-refractivity contribution is 7.99.